The van der Waals surface area contributed by atoms with E-state index in [0.29, 0.717) is 13.1 Å². The van der Waals surface area contributed by atoms with E-state index in [-0.39, 0.29) is 0 Å². The molecule has 3 nitrogen and oxygen atoms in total. The smallest absolute Gasteiger partial charge is 0.0674 e. The lowest BCUT2D eigenvalue weighted by Crippen LogP contribution is -2.01. The van der Waals surface area contributed by atoms with Gasteiger partial charge in [0.25, 0.3) is 0 Å². The topological polar surface area (TPSA) is 43.8 Å². The van der Waals surface area contributed by atoms with E-state index in [1.807, 2.05) is 36.9 Å². The van der Waals surface area contributed by atoms with Gasteiger partial charge in [-0.15, -0.1) is 0 Å². The van der Waals surface area contributed by atoms with E-state index in [0.717, 1.165) is 27.4 Å². The van der Waals surface area contributed by atoms with Crippen molar-refractivity contribution in [3.63, 3.8) is 0 Å². The molecule has 0 fully saturated rings. The van der Waals surface area contributed by atoms with Crippen LogP contribution in [-0.2, 0) is 13.1 Å². The maximum Gasteiger partial charge on any atom is 0.0674 e. The fraction of sp³-hybridized carbons (Fsp3) is 0.308. The summed E-state index contributed by atoms with van der Waals surface area (Å²) in [5.74, 6) is 0. The van der Waals surface area contributed by atoms with Crippen molar-refractivity contribution in [1.29, 1.82) is 0 Å². The number of rotatable bonds is 3. The quantitative estimate of drug-likeness (QED) is 0.909. The Morgan fingerprint density at radius 3 is 2.65 bits per heavy atom. The molecular weight excluding hydrogens is 234 g/mol. The number of benzene rings is 1. The van der Waals surface area contributed by atoms with Crippen molar-refractivity contribution in [3.05, 3.63) is 51.8 Å². The van der Waals surface area contributed by atoms with Gasteiger partial charge in [-0.3, -0.25) is 4.68 Å². The summed E-state index contributed by atoms with van der Waals surface area (Å²) in [7, 11) is 0. The Morgan fingerprint density at radius 2 is 2.06 bits per heavy atom. The van der Waals surface area contributed by atoms with Crippen LogP contribution in [0.2, 0.25) is 5.02 Å². The van der Waals surface area contributed by atoms with E-state index in [1.54, 1.807) is 0 Å². The van der Waals surface area contributed by atoms with Crippen LogP contribution in [-0.4, -0.2) is 9.78 Å². The molecule has 2 rings (SSSR count). The number of halogens is 1. The van der Waals surface area contributed by atoms with Crippen molar-refractivity contribution in [2.45, 2.75) is 26.9 Å². The van der Waals surface area contributed by atoms with Crippen LogP contribution in [0.1, 0.15) is 22.4 Å². The molecule has 0 atom stereocenters. The zero-order valence-electron chi connectivity index (χ0n) is 10.1. The molecule has 0 saturated heterocycles. The van der Waals surface area contributed by atoms with Gasteiger partial charge in [-0.25, -0.2) is 0 Å². The minimum atomic E-state index is 0.521. The standard InChI is InChI=1S/C13H16ClN3/c1-9-3-4-11(13(14)5-9)7-17-8-12(6-15)10(2)16-17/h3-5,8H,6-7,15H2,1-2H3. The van der Waals surface area contributed by atoms with Crippen molar-refractivity contribution in [2.24, 2.45) is 5.73 Å². The van der Waals surface area contributed by atoms with Crippen LogP contribution in [0.25, 0.3) is 0 Å². The molecule has 0 radical (unpaired) electrons. The molecule has 0 aliphatic carbocycles. The monoisotopic (exact) mass is 249 g/mol. The first-order valence-corrected chi connectivity index (χ1v) is 5.96. The fourth-order valence-electron chi connectivity index (χ4n) is 1.80. The molecule has 0 spiro atoms. The van der Waals surface area contributed by atoms with Gasteiger partial charge in [-0.1, -0.05) is 23.7 Å². The maximum absolute atomic E-state index is 6.19. The summed E-state index contributed by atoms with van der Waals surface area (Å²) in [4.78, 5) is 0. The average Bonchev–Trinajstić information content (AvgIpc) is 2.63. The molecule has 0 amide bonds. The van der Waals surface area contributed by atoms with E-state index >= 15 is 0 Å². The van der Waals surface area contributed by atoms with Gasteiger partial charge >= 0.3 is 0 Å². The van der Waals surface area contributed by atoms with E-state index in [9.17, 15) is 0 Å². The Hall–Kier alpha value is -1.32. The van der Waals surface area contributed by atoms with Crippen molar-refractivity contribution >= 4 is 11.6 Å². The Bertz CT molecular complexity index is 531. The number of hydrogen-bond donors (Lipinski definition) is 1. The highest BCUT2D eigenvalue weighted by atomic mass is 35.5. The van der Waals surface area contributed by atoms with E-state index in [1.165, 1.54) is 0 Å². The molecule has 2 N–H and O–H groups in total. The van der Waals surface area contributed by atoms with Gasteiger partial charge < -0.3 is 5.73 Å². The first-order valence-electron chi connectivity index (χ1n) is 5.58. The predicted molar refractivity (Wildman–Crippen MR) is 70.1 cm³/mol. The molecule has 1 aromatic carbocycles. The average molecular weight is 250 g/mol. The van der Waals surface area contributed by atoms with Gasteiger partial charge in [-0.2, -0.15) is 5.10 Å². The van der Waals surface area contributed by atoms with Gasteiger partial charge in [-0.05, 0) is 31.0 Å². The predicted octanol–water partition coefficient (Wildman–Crippen LogP) is 2.66. The van der Waals surface area contributed by atoms with Crippen LogP contribution in [0.5, 0.6) is 0 Å². The summed E-state index contributed by atoms with van der Waals surface area (Å²) in [6.45, 7) is 5.20. The highest BCUT2D eigenvalue weighted by Gasteiger charge is 2.06. The van der Waals surface area contributed by atoms with E-state index in [2.05, 4.69) is 11.2 Å². The van der Waals surface area contributed by atoms with E-state index < -0.39 is 0 Å². The normalized spacial score (nSPS) is 10.8. The second-order valence-electron chi connectivity index (χ2n) is 4.24. The summed E-state index contributed by atoms with van der Waals surface area (Å²) in [6.07, 6.45) is 1.98. The molecule has 17 heavy (non-hydrogen) atoms. The number of aromatic nitrogens is 2. The molecule has 0 aliphatic rings. The lowest BCUT2D eigenvalue weighted by Gasteiger charge is -2.05. The van der Waals surface area contributed by atoms with Crippen molar-refractivity contribution in [2.75, 3.05) is 0 Å². The number of nitrogens with zero attached hydrogens (tertiary/aromatic N) is 2. The lowest BCUT2D eigenvalue weighted by atomic mass is 10.1. The minimum Gasteiger partial charge on any atom is -0.326 e. The maximum atomic E-state index is 6.19. The summed E-state index contributed by atoms with van der Waals surface area (Å²) in [5, 5.41) is 5.20. The Labute approximate surface area is 106 Å². The Balaban J connectivity index is 2.25. The summed E-state index contributed by atoms with van der Waals surface area (Å²) < 4.78 is 1.88. The van der Waals surface area contributed by atoms with Crippen LogP contribution >= 0.6 is 11.6 Å². The van der Waals surface area contributed by atoms with Crippen LogP contribution in [0.15, 0.2) is 24.4 Å². The van der Waals surface area contributed by atoms with Gasteiger partial charge in [0.1, 0.15) is 0 Å². The fourth-order valence-corrected chi connectivity index (χ4v) is 2.09. The highest BCUT2D eigenvalue weighted by molar-refractivity contribution is 6.31. The van der Waals surface area contributed by atoms with Crippen molar-refractivity contribution in [3.8, 4) is 0 Å². The molecule has 0 unspecified atom stereocenters. The van der Waals surface area contributed by atoms with Gasteiger partial charge in [0, 0.05) is 23.3 Å². The summed E-state index contributed by atoms with van der Waals surface area (Å²) in [5.41, 5.74) is 9.92. The van der Waals surface area contributed by atoms with Crippen molar-refractivity contribution < 1.29 is 0 Å². The first-order chi connectivity index (χ1) is 8.10. The van der Waals surface area contributed by atoms with Crippen LogP contribution < -0.4 is 5.73 Å². The lowest BCUT2D eigenvalue weighted by molar-refractivity contribution is 0.679. The first kappa shape index (κ1) is 12.1. The third-order valence-electron chi connectivity index (χ3n) is 2.81. The molecule has 1 aromatic heterocycles. The Kier molecular flexibility index (Phi) is 3.50. The van der Waals surface area contributed by atoms with Gasteiger partial charge in [0.05, 0.1) is 12.2 Å². The molecule has 0 saturated carbocycles. The third kappa shape index (κ3) is 2.68. The number of hydrogen-bond acceptors (Lipinski definition) is 2. The van der Waals surface area contributed by atoms with Gasteiger partial charge in [0.15, 0.2) is 0 Å². The summed E-state index contributed by atoms with van der Waals surface area (Å²) >= 11 is 6.19. The molecular formula is C13H16ClN3. The van der Waals surface area contributed by atoms with Gasteiger partial charge in [0.2, 0.25) is 0 Å². The Morgan fingerprint density at radius 1 is 1.29 bits per heavy atom. The molecule has 90 valence electrons. The zero-order chi connectivity index (χ0) is 12.4. The number of nitrogens with two attached hydrogens (primary N) is 1. The second-order valence-corrected chi connectivity index (χ2v) is 4.64. The molecule has 0 bridgehead atoms. The zero-order valence-corrected chi connectivity index (χ0v) is 10.8. The summed E-state index contributed by atoms with van der Waals surface area (Å²) in [6, 6.07) is 6.06. The van der Waals surface area contributed by atoms with Crippen LogP contribution in [0.3, 0.4) is 0 Å². The van der Waals surface area contributed by atoms with Crippen LogP contribution in [0, 0.1) is 13.8 Å². The molecule has 2 aromatic rings. The molecule has 4 heteroatoms. The highest BCUT2D eigenvalue weighted by Crippen LogP contribution is 2.19. The molecule has 1 heterocycles. The van der Waals surface area contributed by atoms with Crippen molar-refractivity contribution in [1.82, 2.24) is 9.78 Å². The largest absolute Gasteiger partial charge is 0.326 e. The SMILES string of the molecule is Cc1ccc(Cn2cc(CN)c(C)n2)c(Cl)c1. The minimum absolute atomic E-state index is 0.521. The van der Waals surface area contributed by atoms with Crippen LogP contribution in [0.4, 0.5) is 0 Å². The molecule has 0 aliphatic heterocycles. The second kappa shape index (κ2) is 4.90. The van der Waals surface area contributed by atoms with E-state index in [4.69, 9.17) is 17.3 Å². The third-order valence-corrected chi connectivity index (χ3v) is 3.16. The number of aryl methyl sites for hydroxylation is 2.